The Morgan fingerprint density at radius 2 is 1.94 bits per heavy atom. The quantitative estimate of drug-likeness (QED) is 0.459. The lowest BCUT2D eigenvalue weighted by Crippen LogP contribution is -2.45. The summed E-state index contributed by atoms with van der Waals surface area (Å²) in [6.07, 6.45) is 6.06. The van der Waals surface area contributed by atoms with Crippen molar-refractivity contribution in [2.45, 2.75) is 45.6 Å². The number of urea groups is 1. The Kier molecular flexibility index (Phi) is 7.64. The second-order valence-electron chi connectivity index (χ2n) is 3.90. The normalized spacial score (nSPS) is 11.8. The summed E-state index contributed by atoms with van der Waals surface area (Å²) in [5, 5.41) is 15.3. The first-order chi connectivity index (χ1) is 7.58. The number of allylic oxidation sites excluding steroid dienone is 1. The molecule has 0 unspecified atom stereocenters. The van der Waals surface area contributed by atoms with Crippen molar-refractivity contribution >= 4 is 6.03 Å². The molecular formula is C12H24N2O2. The molecule has 0 spiro atoms. The van der Waals surface area contributed by atoms with Crippen molar-refractivity contribution in [2.75, 3.05) is 13.1 Å². The van der Waals surface area contributed by atoms with Gasteiger partial charge in [0, 0.05) is 13.1 Å². The molecule has 0 aliphatic carbocycles. The summed E-state index contributed by atoms with van der Waals surface area (Å²) in [5.74, 6) is 0. The lowest BCUT2D eigenvalue weighted by Gasteiger charge is -2.25. The van der Waals surface area contributed by atoms with Crippen molar-refractivity contribution in [1.29, 1.82) is 0 Å². The van der Waals surface area contributed by atoms with Gasteiger partial charge >= 0.3 is 6.03 Å². The first-order valence-corrected chi connectivity index (χ1v) is 5.93. The molecule has 3 N–H and O–H groups in total. The van der Waals surface area contributed by atoms with Gasteiger partial charge in [-0.05, 0) is 26.2 Å². The third-order valence-corrected chi connectivity index (χ3v) is 2.73. The number of carbonyl (C=O) groups is 1. The van der Waals surface area contributed by atoms with Crippen molar-refractivity contribution in [3.63, 3.8) is 0 Å². The van der Waals surface area contributed by atoms with Crippen LogP contribution in [-0.2, 0) is 0 Å². The number of amides is 2. The molecule has 0 aliphatic rings. The van der Waals surface area contributed by atoms with E-state index in [-0.39, 0.29) is 6.03 Å². The SMILES string of the molecule is CC=CCCNC(=O)NCC(O)(CC)CC. The average Bonchev–Trinajstić information content (AvgIpc) is 2.31. The van der Waals surface area contributed by atoms with Crippen molar-refractivity contribution in [2.24, 2.45) is 0 Å². The van der Waals surface area contributed by atoms with Crippen LogP contribution < -0.4 is 10.6 Å². The highest BCUT2D eigenvalue weighted by atomic mass is 16.3. The van der Waals surface area contributed by atoms with Gasteiger partial charge in [0.15, 0.2) is 0 Å². The molecule has 0 aromatic carbocycles. The number of aliphatic hydroxyl groups is 1. The molecule has 0 aromatic rings. The third kappa shape index (κ3) is 6.45. The van der Waals surface area contributed by atoms with Crippen LogP contribution in [0, 0.1) is 0 Å². The molecule has 0 bridgehead atoms. The minimum atomic E-state index is -0.777. The Morgan fingerprint density at radius 3 is 2.44 bits per heavy atom. The first kappa shape index (κ1) is 15.0. The van der Waals surface area contributed by atoms with Crippen molar-refractivity contribution < 1.29 is 9.90 Å². The van der Waals surface area contributed by atoms with Crippen LogP contribution in [-0.4, -0.2) is 29.8 Å². The molecule has 0 rings (SSSR count). The fourth-order valence-corrected chi connectivity index (χ4v) is 1.24. The maximum atomic E-state index is 11.3. The number of nitrogens with one attached hydrogen (secondary N) is 2. The van der Waals surface area contributed by atoms with Gasteiger partial charge in [0.1, 0.15) is 0 Å². The Balaban J connectivity index is 3.72. The van der Waals surface area contributed by atoms with Crippen LogP contribution >= 0.6 is 0 Å². The number of hydrogen-bond donors (Lipinski definition) is 3. The average molecular weight is 228 g/mol. The van der Waals surface area contributed by atoms with E-state index in [1.165, 1.54) is 0 Å². The Morgan fingerprint density at radius 1 is 1.31 bits per heavy atom. The standard InChI is InChI=1S/C12H24N2O2/c1-4-7-8-9-13-11(15)14-10-12(16,5-2)6-3/h4,7,16H,5-6,8-10H2,1-3H3,(H2,13,14,15). The summed E-state index contributed by atoms with van der Waals surface area (Å²) in [4.78, 5) is 11.3. The van der Waals surface area contributed by atoms with Crippen LogP contribution in [0.25, 0.3) is 0 Å². The van der Waals surface area contributed by atoms with Gasteiger partial charge in [-0.1, -0.05) is 26.0 Å². The highest BCUT2D eigenvalue weighted by Gasteiger charge is 2.22. The minimum absolute atomic E-state index is 0.218. The van der Waals surface area contributed by atoms with Crippen molar-refractivity contribution in [3.8, 4) is 0 Å². The summed E-state index contributed by atoms with van der Waals surface area (Å²) >= 11 is 0. The van der Waals surface area contributed by atoms with E-state index in [2.05, 4.69) is 10.6 Å². The lowest BCUT2D eigenvalue weighted by molar-refractivity contribution is 0.0349. The van der Waals surface area contributed by atoms with Crippen LogP contribution in [0.4, 0.5) is 4.79 Å². The molecule has 0 heterocycles. The van der Waals surface area contributed by atoms with Gasteiger partial charge in [0.25, 0.3) is 0 Å². The molecule has 4 heteroatoms. The largest absolute Gasteiger partial charge is 0.388 e. The monoisotopic (exact) mass is 228 g/mol. The Hall–Kier alpha value is -1.03. The van der Waals surface area contributed by atoms with E-state index in [9.17, 15) is 9.90 Å². The highest BCUT2D eigenvalue weighted by Crippen LogP contribution is 2.12. The zero-order valence-corrected chi connectivity index (χ0v) is 10.5. The van der Waals surface area contributed by atoms with Crippen LogP contribution in [0.1, 0.15) is 40.0 Å². The lowest BCUT2D eigenvalue weighted by atomic mass is 9.98. The van der Waals surface area contributed by atoms with Crippen LogP contribution in [0.5, 0.6) is 0 Å². The molecule has 0 aromatic heterocycles. The zero-order chi connectivity index (χ0) is 12.4. The van der Waals surface area contributed by atoms with Gasteiger partial charge in [-0.25, -0.2) is 4.79 Å². The molecule has 0 radical (unpaired) electrons. The van der Waals surface area contributed by atoms with E-state index in [0.717, 1.165) is 6.42 Å². The van der Waals surface area contributed by atoms with E-state index < -0.39 is 5.60 Å². The maximum Gasteiger partial charge on any atom is 0.314 e. The third-order valence-electron chi connectivity index (χ3n) is 2.73. The molecule has 0 aliphatic heterocycles. The molecular weight excluding hydrogens is 204 g/mol. The Labute approximate surface area is 98.1 Å². The molecule has 4 nitrogen and oxygen atoms in total. The zero-order valence-electron chi connectivity index (χ0n) is 10.5. The Bertz CT molecular complexity index is 223. The van der Waals surface area contributed by atoms with E-state index in [0.29, 0.717) is 25.9 Å². The molecule has 2 amide bonds. The predicted octanol–water partition coefficient (Wildman–Crippen LogP) is 1.80. The summed E-state index contributed by atoms with van der Waals surface area (Å²) in [6.45, 7) is 6.69. The molecule has 0 fully saturated rings. The molecule has 0 atom stereocenters. The number of rotatable bonds is 7. The minimum Gasteiger partial charge on any atom is -0.388 e. The molecule has 0 saturated carbocycles. The summed E-state index contributed by atoms with van der Waals surface area (Å²) in [6, 6.07) is -0.218. The van der Waals surface area contributed by atoms with E-state index in [1.54, 1.807) is 0 Å². The van der Waals surface area contributed by atoms with Crippen LogP contribution in [0.2, 0.25) is 0 Å². The van der Waals surface area contributed by atoms with Crippen LogP contribution in [0.15, 0.2) is 12.2 Å². The van der Waals surface area contributed by atoms with Gasteiger partial charge in [-0.3, -0.25) is 0 Å². The smallest absolute Gasteiger partial charge is 0.314 e. The van der Waals surface area contributed by atoms with Crippen molar-refractivity contribution in [1.82, 2.24) is 10.6 Å². The van der Waals surface area contributed by atoms with Gasteiger partial charge in [0.2, 0.25) is 0 Å². The van der Waals surface area contributed by atoms with Gasteiger partial charge in [0.05, 0.1) is 5.60 Å². The van der Waals surface area contributed by atoms with E-state index >= 15 is 0 Å². The molecule has 16 heavy (non-hydrogen) atoms. The van der Waals surface area contributed by atoms with Gasteiger partial charge < -0.3 is 15.7 Å². The highest BCUT2D eigenvalue weighted by molar-refractivity contribution is 5.73. The number of hydrogen-bond acceptors (Lipinski definition) is 2. The second kappa shape index (κ2) is 8.16. The predicted molar refractivity (Wildman–Crippen MR) is 66.4 cm³/mol. The van der Waals surface area contributed by atoms with E-state index in [4.69, 9.17) is 0 Å². The fraction of sp³-hybridized carbons (Fsp3) is 0.750. The fourth-order valence-electron chi connectivity index (χ4n) is 1.24. The summed E-state index contributed by atoms with van der Waals surface area (Å²) in [5.41, 5.74) is -0.777. The first-order valence-electron chi connectivity index (χ1n) is 5.93. The van der Waals surface area contributed by atoms with Crippen LogP contribution in [0.3, 0.4) is 0 Å². The van der Waals surface area contributed by atoms with Gasteiger partial charge in [-0.2, -0.15) is 0 Å². The maximum absolute atomic E-state index is 11.3. The molecule has 94 valence electrons. The van der Waals surface area contributed by atoms with Gasteiger partial charge in [-0.15, -0.1) is 0 Å². The summed E-state index contributed by atoms with van der Waals surface area (Å²) < 4.78 is 0. The number of carbonyl (C=O) groups excluding carboxylic acids is 1. The second-order valence-corrected chi connectivity index (χ2v) is 3.90. The van der Waals surface area contributed by atoms with E-state index in [1.807, 2.05) is 32.9 Å². The topological polar surface area (TPSA) is 61.4 Å². The summed E-state index contributed by atoms with van der Waals surface area (Å²) in [7, 11) is 0. The van der Waals surface area contributed by atoms with Crippen molar-refractivity contribution in [3.05, 3.63) is 12.2 Å². The molecule has 0 saturated heterocycles.